The van der Waals surface area contributed by atoms with E-state index < -0.39 is 0 Å². The van der Waals surface area contributed by atoms with E-state index in [1.54, 1.807) is 16.9 Å². The van der Waals surface area contributed by atoms with Crippen LogP contribution < -0.4 is 10.2 Å². The lowest BCUT2D eigenvalue weighted by molar-refractivity contribution is 0.126. The Morgan fingerprint density at radius 3 is 2.48 bits per heavy atom. The number of benzene rings is 1. The zero-order valence-electron chi connectivity index (χ0n) is 15.0. The molecule has 2 N–H and O–H groups in total. The number of hydrogen-bond donors (Lipinski definition) is 2. The Morgan fingerprint density at radius 1 is 1.04 bits per heavy atom. The van der Waals surface area contributed by atoms with Gasteiger partial charge in [0.05, 0.1) is 11.4 Å². The maximum Gasteiger partial charge on any atom is 0.151 e. The van der Waals surface area contributed by atoms with Crippen molar-refractivity contribution in [3.8, 4) is 22.7 Å². The Kier molecular flexibility index (Phi) is 3.82. The number of anilines is 1. The Hall–Kier alpha value is -2.93. The van der Waals surface area contributed by atoms with Crippen LogP contribution in [0.4, 0.5) is 5.82 Å². The van der Waals surface area contributed by atoms with E-state index in [0.717, 1.165) is 37.7 Å². The van der Waals surface area contributed by atoms with Crippen LogP contribution in [0.3, 0.4) is 0 Å². The van der Waals surface area contributed by atoms with Gasteiger partial charge in [-0.05, 0) is 48.6 Å². The van der Waals surface area contributed by atoms with Crippen molar-refractivity contribution in [2.45, 2.75) is 12.8 Å². The summed E-state index contributed by atoms with van der Waals surface area (Å²) < 4.78 is 1.71. The molecule has 2 aliphatic rings. The Bertz CT molecular complexity index is 924. The van der Waals surface area contributed by atoms with Crippen LogP contribution in [0, 0.1) is 5.41 Å². The molecule has 0 unspecified atom stereocenters. The highest BCUT2D eigenvalue weighted by Crippen LogP contribution is 2.36. The molecule has 0 saturated carbocycles. The standard InChI is InChI=1S/C20H22N6O/c27-18-12-15(26-9-1-8-22-26)2-3-16(18)17-4-5-19(24-23-17)25-10-6-20(7-11-25)13-21-14-20/h1-5,8-9,12,21,27H,6-7,10-11,13-14H2. The number of phenolic OH excluding ortho intramolecular Hbond substituents is 1. The predicted octanol–water partition coefficient (Wildman–Crippen LogP) is 2.22. The lowest BCUT2D eigenvalue weighted by Gasteiger charge is -2.48. The lowest BCUT2D eigenvalue weighted by atomic mass is 9.73. The number of rotatable bonds is 3. The van der Waals surface area contributed by atoms with E-state index in [0.29, 0.717) is 16.7 Å². The molecular weight excluding hydrogens is 340 g/mol. The molecule has 5 rings (SSSR count). The van der Waals surface area contributed by atoms with Crippen LogP contribution in [-0.2, 0) is 0 Å². The number of nitrogens with zero attached hydrogens (tertiary/aromatic N) is 5. The van der Waals surface area contributed by atoms with Crippen LogP contribution in [0.15, 0.2) is 48.8 Å². The molecule has 2 aliphatic heterocycles. The van der Waals surface area contributed by atoms with E-state index in [-0.39, 0.29) is 5.75 Å². The summed E-state index contributed by atoms with van der Waals surface area (Å²) >= 11 is 0. The van der Waals surface area contributed by atoms with Crippen LogP contribution in [0.2, 0.25) is 0 Å². The zero-order chi connectivity index (χ0) is 18.3. The molecule has 0 aliphatic carbocycles. The molecule has 27 heavy (non-hydrogen) atoms. The number of piperidine rings is 1. The summed E-state index contributed by atoms with van der Waals surface area (Å²) in [5, 5.41) is 26.8. The van der Waals surface area contributed by atoms with Crippen molar-refractivity contribution in [3.63, 3.8) is 0 Å². The summed E-state index contributed by atoms with van der Waals surface area (Å²) in [5.41, 5.74) is 2.66. The highest BCUT2D eigenvalue weighted by Gasteiger charge is 2.39. The molecular formula is C20H22N6O. The molecule has 7 nitrogen and oxygen atoms in total. The van der Waals surface area contributed by atoms with E-state index in [9.17, 15) is 5.11 Å². The molecule has 2 saturated heterocycles. The van der Waals surface area contributed by atoms with Crippen molar-refractivity contribution >= 4 is 5.82 Å². The first-order valence-corrected chi connectivity index (χ1v) is 9.35. The Balaban J connectivity index is 1.33. The largest absolute Gasteiger partial charge is 0.507 e. The summed E-state index contributed by atoms with van der Waals surface area (Å²) in [5.74, 6) is 1.08. The van der Waals surface area contributed by atoms with E-state index in [1.165, 1.54) is 12.8 Å². The minimum absolute atomic E-state index is 0.169. The Morgan fingerprint density at radius 2 is 1.89 bits per heavy atom. The molecule has 1 spiro atoms. The van der Waals surface area contributed by atoms with Crippen molar-refractivity contribution in [3.05, 3.63) is 48.8 Å². The molecule has 0 amide bonds. The van der Waals surface area contributed by atoms with Gasteiger partial charge in [-0.1, -0.05) is 0 Å². The third kappa shape index (κ3) is 2.94. The topological polar surface area (TPSA) is 79.1 Å². The van der Waals surface area contributed by atoms with Gasteiger partial charge in [0.25, 0.3) is 0 Å². The fraction of sp³-hybridized carbons (Fsp3) is 0.350. The second kappa shape index (κ2) is 6.35. The highest BCUT2D eigenvalue weighted by molar-refractivity contribution is 5.69. The van der Waals surface area contributed by atoms with Crippen LogP contribution in [0.5, 0.6) is 5.75 Å². The summed E-state index contributed by atoms with van der Waals surface area (Å²) in [6.45, 7) is 4.36. The molecule has 0 atom stereocenters. The van der Waals surface area contributed by atoms with Crippen molar-refractivity contribution in [2.75, 3.05) is 31.1 Å². The third-order valence-corrected chi connectivity index (χ3v) is 5.82. The maximum absolute atomic E-state index is 10.4. The molecule has 1 aromatic carbocycles. The fourth-order valence-corrected chi connectivity index (χ4v) is 3.98. The summed E-state index contributed by atoms with van der Waals surface area (Å²) in [6.07, 6.45) is 5.96. The first-order chi connectivity index (χ1) is 13.2. The molecule has 138 valence electrons. The summed E-state index contributed by atoms with van der Waals surface area (Å²) in [7, 11) is 0. The molecule has 3 aromatic rings. The van der Waals surface area contributed by atoms with Crippen LogP contribution in [0.25, 0.3) is 16.9 Å². The van der Waals surface area contributed by atoms with Gasteiger partial charge in [0.15, 0.2) is 5.82 Å². The molecule has 2 aromatic heterocycles. The normalized spacial score (nSPS) is 18.4. The maximum atomic E-state index is 10.4. The van der Waals surface area contributed by atoms with E-state index in [1.807, 2.05) is 36.5 Å². The average molecular weight is 362 g/mol. The molecule has 7 heteroatoms. The number of nitrogens with one attached hydrogen (secondary N) is 1. The van der Waals surface area contributed by atoms with Gasteiger partial charge in [0.1, 0.15) is 5.75 Å². The van der Waals surface area contributed by atoms with E-state index in [2.05, 4.69) is 25.5 Å². The Labute approximate surface area is 157 Å². The van der Waals surface area contributed by atoms with Crippen molar-refractivity contribution in [1.82, 2.24) is 25.3 Å². The van der Waals surface area contributed by atoms with E-state index >= 15 is 0 Å². The van der Waals surface area contributed by atoms with Gasteiger partial charge < -0.3 is 15.3 Å². The number of aromatic hydroxyl groups is 1. The third-order valence-electron chi connectivity index (χ3n) is 5.82. The quantitative estimate of drug-likeness (QED) is 0.744. The summed E-state index contributed by atoms with van der Waals surface area (Å²) in [6, 6.07) is 11.2. The van der Waals surface area contributed by atoms with Crippen LogP contribution >= 0.6 is 0 Å². The highest BCUT2D eigenvalue weighted by atomic mass is 16.3. The fourth-order valence-electron chi connectivity index (χ4n) is 3.98. The minimum Gasteiger partial charge on any atom is -0.507 e. The monoisotopic (exact) mass is 362 g/mol. The van der Waals surface area contributed by atoms with Gasteiger partial charge in [-0.3, -0.25) is 0 Å². The van der Waals surface area contributed by atoms with Gasteiger partial charge >= 0.3 is 0 Å². The van der Waals surface area contributed by atoms with Gasteiger partial charge in [-0.15, -0.1) is 10.2 Å². The minimum atomic E-state index is 0.169. The predicted molar refractivity (Wildman–Crippen MR) is 103 cm³/mol. The van der Waals surface area contributed by atoms with Crippen molar-refractivity contribution in [1.29, 1.82) is 0 Å². The smallest absolute Gasteiger partial charge is 0.151 e. The first kappa shape index (κ1) is 16.3. The van der Waals surface area contributed by atoms with Crippen molar-refractivity contribution in [2.24, 2.45) is 5.41 Å². The molecule has 2 fully saturated rings. The molecule has 4 heterocycles. The van der Waals surface area contributed by atoms with Gasteiger partial charge in [0, 0.05) is 50.2 Å². The molecule has 0 radical (unpaired) electrons. The first-order valence-electron chi connectivity index (χ1n) is 9.35. The van der Waals surface area contributed by atoms with Gasteiger partial charge in [-0.2, -0.15) is 5.10 Å². The zero-order valence-corrected chi connectivity index (χ0v) is 15.0. The van der Waals surface area contributed by atoms with Crippen LogP contribution in [0.1, 0.15) is 12.8 Å². The summed E-state index contributed by atoms with van der Waals surface area (Å²) in [4.78, 5) is 2.31. The SMILES string of the molecule is Oc1cc(-n2cccn2)ccc1-c1ccc(N2CCC3(CC2)CNC3)nn1. The van der Waals surface area contributed by atoms with Crippen LogP contribution in [-0.4, -0.2) is 51.3 Å². The number of aromatic nitrogens is 4. The second-order valence-corrected chi connectivity index (χ2v) is 7.52. The van der Waals surface area contributed by atoms with E-state index in [4.69, 9.17) is 0 Å². The van der Waals surface area contributed by atoms with Gasteiger partial charge in [-0.25, -0.2) is 4.68 Å². The van der Waals surface area contributed by atoms with Gasteiger partial charge in [0.2, 0.25) is 0 Å². The lowest BCUT2D eigenvalue weighted by Crippen LogP contribution is -2.58. The average Bonchev–Trinajstić information content (AvgIpc) is 3.22. The van der Waals surface area contributed by atoms with Crippen molar-refractivity contribution < 1.29 is 5.11 Å². The number of hydrogen-bond acceptors (Lipinski definition) is 6. The second-order valence-electron chi connectivity index (χ2n) is 7.52. The molecule has 0 bridgehead atoms. The number of phenols is 1.